The summed E-state index contributed by atoms with van der Waals surface area (Å²) >= 11 is 6.05. The first-order chi connectivity index (χ1) is 8.14. The van der Waals surface area contributed by atoms with Gasteiger partial charge in [0, 0.05) is 12.0 Å². The zero-order chi connectivity index (χ0) is 14.1. The fourth-order valence-corrected chi connectivity index (χ4v) is 1.82. The number of hydrogen-bond acceptors (Lipinski definition) is 4. The summed E-state index contributed by atoms with van der Waals surface area (Å²) in [5.74, 6) is 0. The Hall–Kier alpha value is -1.14. The summed E-state index contributed by atoms with van der Waals surface area (Å²) in [5.41, 5.74) is -0.0609. The van der Waals surface area contributed by atoms with Gasteiger partial charge in [-0.25, -0.2) is 4.68 Å². The Morgan fingerprint density at radius 2 is 2.00 bits per heavy atom. The second-order valence-electron chi connectivity index (χ2n) is 5.52. The number of halogens is 1. The van der Waals surface area contributed by atoms with E-state index in [2.05, 4.69) is 5.10 Å². The summed E-state index contributed by atoms with van der Waals surface area (Å²) in [6.07, 6.45) is 0. The molecule has 1 rings (SSSR count). The molecule has 0 fully saturated rings. The van der Waals surface area contributed by atoms with Gasteiger partial charge < -0.3 is 4.90 Å². The van der Waals surface area contributed by atoms with Crippen molar-refractivity contribution in [2.24, 2.45) is 0 Å². The molecule has 0 aliphatic carbocycles. The van der Waals surface area contributed by atoms with E-state index in [0.717, 1.165) is 6.54 Å². The van der Waals surface area contributed by atoms with Gasteiger partial charge in [-0.2, -0.15) is 5.10 Å². The normalized spacial score (nSPS) is 12.2. The van der Waals surface area contributed by atoms with Gasteiger partial charge in [0.25, 0.3) is 0 Å². The number of hydrogen-bond donors (Lipinski definition) is 0. The Kier molecular flexibility index (Phi) is 4.34. The molecule has 7 heteroatoms. The molecular weight excluding hydrogens is 256 g/mol. The van der Waals surface area contributed by atoms with E-state index in [0.29, 0.717) is 12.2 Å². The summed E-state index contributed by atoms with van der Waals surface area (Å²) in [6, 6.07) is 0. The van der Waals surface area contributed by atoms with Crippen LogP contribution in [0.5, 0.6) is 0 Å². The first-order valence-corrected chi connectivity index (χ1v) is 6.08. The molecular formula is C11H19ClN4O2. The molecule has 0 N–H and O–H groups in total. The van der Waals surface area contributed by atoms with Crippen molar-refractivity contribution in [3.8, 4) is 0 Å². The highest BCUT2D eigenvalue weighted by Crippen LogP contribution is 2.35. The molecule has 102 valence electrons. The number of aromatic nitrogens is 2. The summed E-state index contributed by atoms with van der Waals surface area (Å²) in [7, 11) is 3.85. The smallest absolute Gasteiger partial charge is 0.308 e. The molecule has 1 aromatic heterocycles. The number of nitro groups is 1. The molecule has 1 heterocycles. The third-order valence-corrected chi connectivity index (χ3v) is 2.89. The fourth-order valence-electron chi connectivity index (χ4n) is 1.54. The van der Waals surface area contributed by atoms with Crippen LogP contribution < -0.4 is 0 Å². The predicted octanol–water partition coefficient (Wildman–Crippen LogP) is 2.30. The Morgan fingerprint density at radius 1 is 1.44 bits per heavy atom. The van der Waals surface area contributed by atoms with E-state index in [9.17, 15) is 10.1 Å². The van der Waals surface area contributed by atoms with Crippen molar-refractivity contribution >= 4 is 17.3 Å². The second kappa shape index (κ2) is 5.24. The van der Waals surface area contributed by atoms with Gasteiger partial charge in [-0.05, 0) is 14.1 Å². The molecule has 0 aromatic carbocycles. The molecule has 0 aliphatic heterocycles. The highest BCUT2D eigenvalue weighted by atomic mass is 35.5. The summed E-state index contributed by atoms with van der Waals surface area (Å²) in [4.78, 5) is 12.6. The lowest BCUT2D eigenvalue weighted by Gasteiger charge is -2.14. The van der Waals surface area contributed by atoms with Gasteiger partial charge in [-0.1, -0.05) is 32.4 Å². The molecule has 0 radical (unpaired) electrons. The molecule has 0 bridgehead atoms. The van der Waals surface area contributed by atoms with Crippen molar-refractivity contribution in [1.29, 1.82) is 0 Å². The van der Waals surface area contributed by atoms with Gasteiger partial charge in [-0.15, -0.1) is 0 Å². The molecule has 0 aliphatic rings. The minimum absolute atomic E-state index is 0.0806. The van der Waals surface area contributed by atoms with E-state index in [1.54, 1.807) is 0 Å². The fraction of sp³-hybridized carbons (Fsp3) is 0.727. The van der Waals surface area contributed by atoms with Crippen molar-refractivity contribution in [2.75, 3.05) is 20.6 Å². The lowest BCUT2D eigenvalue weighted by molar-refractivity contribution is -0.385. The van der Waals surface area contributed by atoms with Crippen molar-refractivity contribution in [3.63, 3.8) is 0 Å². The zero-order valence-corrected chi connectivity index (χ0v) is 12.2. The quantitative estimate of drug-likeness (QED) is 0.624. The Balaban J connectivity index is 3.20. The predicted molar refractivity (Wildman–Crippen MR) is 71.1 cm³/mol. The standard InChI is InChI=1S/C11H19ClN4O2/c1-11(2,3)9-8(16(17)18)10(12)15(13-9)7-6-14(4)5/h6-7H2,1-5H3. The first-order valence-electron chi connectivity index (χ1n) is 5.70. The number of likely N-dealkylation sites (N-methyl/N-ethyl adjacent to an activating group) is 1. The van der Waals surface area contributed by atoms with Crippen LogP contribution in [0.2, 0.25) is 5.15 Å². The molecule has 1 aromatic rings. The number of nitrogens with zero attached hydrogens (tertiary/aromatic N) is 4. The maximum Gasteiger partial charge on any atom is 0.329 e. The molecule has 0 atom stereocenters. The van der Waals surface area contributed by atoms with Crippen LogP contribution >= 0.6 is 11.6 Å². The van der Waals surface area contributed by atoms with Crippen LogP contribution in [0.1, 0.15) is 26.5 Å². The van der Waals surface area contributed by atoms with E-state index in [1.165, 1.54) is 4.68 Å². The van der Waals surface area contributed by atoms with Gasteiger partial charge in [0.05, 0.1) is 11.5 Å². The summed E-state index contributed by atoms with van der Waals surface area (Å²) < 4.78 is 1.50. The molecule has 0 unspecified atom stereocenters. The van der Waals surface area contributed by atoms with E-state index < -0.39 is 10.3 Å². The van der Waals surface area contributed by atoms with Gasteiger partial charge in [-0.3, -0.25) is 10.1 Å². The highest BCUT2D eigenvalue weighted by molar-refractivity contribution is 6.31. The van der Waals surface area contributed by atoms with Crippen LogP contribution in [0.15, 0.2) is 0 Å². The Labute approximate surface area is 112 Å². The van der Waals surface area contributed by atoms with Gasteiger partial charge in [0.2, 0.25) is 5.15 Å². The summed E-state index contributed by atoms with van der Waals surface area (Å²) in [6.45, 7) is 6.91. The second-order valence-corrected chi connectivity index (χ2v) is 5.88. The van der Waals surface area contributed by atoms with E-state index in [-0.39, 0.29) is 10.8 Å². The average molecular weight is 275 g/mol. The molecule has 0 amide bonds. The lowest BCUT2D eigenvalue weighted by atomic mass is 9.91. The zero-order valence-electron chi connectivity index (χ0n) is 11.4. The van der Waals surface area contributed by atoms with Crippen LogP contribution in [0.4, 0.5) is 5.69 Å². The van der Waals surface area contributed by atoms with E-state index >= 15 is 0 Å². The first kappa shape index (κ1) is 14.9. The van der Waals surface area contributed by atoms with Crippen molar-refractivity contribution in [1.82, 2.24) is 14.7 Å². The van der Waals surface area contributed by atoms with Crippen LogP contribution in [-0.4, -0.2) is 40.2 Å². The minimum atomic E-state index is -0.456. The van der Waals surface area contributed by atoms with Crippen LogP contribution in [0.25, 0.3) is 0 Å². The van der Waals surface area contributed by atoms with Gasteiger partial charge in [0.15, 0.2) is 0 Å². The molecule has 6 nitrogen and oxygen atoms in total. The van der Waals surface area contributed by atoms with Gasteiger partial charge in [0.1, 0.15) is 5.69 Å². The third-order valence-electron chi connectivity index (χ3n) is 2.52. The maximum absolute atomic E-state index is 11.1. The Bertz CT molecular complexity index is 449. The molecule has 18 heavy (non-hydrogen) atoms. The SMILES string of the molecule is CN(C)CCn1nc(C(C)(C)C)c([N+](=O)[O-])c1Cl. The van der Waals surface area contributed by atoms with E-state index in [4.69, 9.17) is 11.6 Å². The van der Waals surface area contributed by atoms with Crippen LogP contribution in [-0.2, 0) is 12.0 Å². The van der Waals surface area contributed by atoms with Crippen LogP contribution in [0.3, 0.4) is 0 Å². The van der Waals surface area contributed by atoms with Gasteiger partial charge >= 0.3 is 5.69 Å². The lowest BCUT2D eigenvalue weighted by Crippen LogP contribution is -2.20. The van der Waals surface area contributed by atoms with E-state index in [1.807, 2.05) is 39.8 Å². The van der Waals surface area contributed by atoms with Crippen molar-refractivity contribution in [2.45, 2.75) is 32.7 Å². The highest BCUT2D eigenvalue weighted by Gasteiger charge is 2.33. The number of rotatable bonds is 4. The Morgan fingerprint density at radius 3 is 2.33 bits per heavy atom. The minimum Gasteiger partial charge on any atom is -0.308 e. The summed E-state index contributed by atoms with van der Waals surface area (Å²) in [5, 5.41) is 15.5. The topological polar surface area (TPSA) is 64.2 Å². The van der Waals surface area contributed by atoms with Crippen molar-refractivity contribution < 1.29 is 4.92 Å². The molecule has 0 saturated heterocycles. The average Bonchev–Trinajstić information content (AvgIpc) is 2.52. The molecule has 0 saturated carbocycles. The van der Waals surface area contributed by atoms with Crippen LogP contribution in [0, 0.1) is 10.1 Å². The third kappa shape index (κ3) is 3.20. The molecule has 0 spiro atoms. The largest absolute Gasteiger partial charge is 0.329 e. The maximum atomic E-state index is 11.1. The van der Waals surface area contributed by atoms with Crippen molar-refractivity contribution in [3.05, 3.63) is 21.0 Å². The monoisotopic (exact) mass is 274 g/mol.